The van der Waals surface area contributed by atoms with E-state index in [9.17, 15) is 4.79 Å². The second-order valence-electron chi connectivity index (χ2n) is 9.88. The molecule has 1 heterocycles. The highest BCUT2D eigenvalue weighted by Gasteiger charge is 2.24. The summed E-state index contributed by atoms with van der Waals surface area (Å²) >= 11 is 5.86. The van der Waals surface area contributed by atoms with Gasteiger partial charge in [-0.1, -0.05) is 91.1 Å². The van der Waals surface area contributed by atoms with Gasteiger partial charge in [-0.05, 0) is 43.5 Å². The molecular weight excluding hydrogens is 466 g/mol. The summed E-state index contributed by atoms with van der Waals surface area (Å²) in [5.41, 5.74) is 3.93. The van der Waals surface area contributed by atoms with Crippen molar-refractivity contribution in [3.05, 3.63) is 108 Å². The number of amides is 1. The molecule has 6 heteroatoms. The molecule has 1 atom stereocenters. The number of fused-ring (bicyclic) bond motifs is 1. The van der Waals surface area contributed by atoms with Crippen molar-refractivity contribution in [3.8, 4) is 0 Å². The molecule has 0 saturated heterocycles. The molecule has 0 unspecified atom stereocenters. The fourth-order valence-corrected chi connectivity index (χ4v) is 4.53. The molecule has 0 radical (unpaired) electrons. The van der Waals surface area contributed by atoms with Crippen molar-refractivity contribution in [1.82, 2.24) is 15.6 Å². The van der Waals surface area contributed by atoms with Gasteiger partial charge in [0, 0.05) is 36.0 Å². The van der Waals surface area contributed by atoms with Crippen LogP contribution >= 0.6 is 12.2 Å². The Kier molecular flexibility index (Phi) is 8.06. The molecule has 0 aliphatic rings. The first-order chi connectivity index (χ1) is 17.3. The monoisotopic (exact) mass is 499 g/mol. The predicted octanol–water partition coefficient (Wildman–Crippen LogP) is 6.35. The lowest BCUT2D eigenvalue weighted by Gasteiger charge is -2.26. The van der Waals surface area contributed by atoms with Crippen LogP contribution in [0.25, 0.3) is 10.9 Å². The molecule has 186 valence electrons. The zero-order valence-corrected chi connectivity index (χ0v) is 21.8. The first kappa shape index (κ1) is 25.5. The van der Waals surface area contributed by atoms with Crippen LogP contribution < -0.4 is 10.6 Å². The number of carbonyl (C=O) groups is 1. The number of hydrogen-bond acceptors (Lipinski definition) is 3. The normalized spacial score (nSPS) is 12.3. The Bertz CT molecular complexity index is 1260. The number of alkyl carbamates (subject to hydrolysis) is 1. The lowest BCUT2D eigenvalue weighted by atomic mass is 9.91. The van der Waals surface area contributed by atoms with Crippen LogP contribution in [-0.2, 0) is 11.2 Å². The van der Waals surface area contributed by atoms with E-state index in [4.69, 9.17) is 17.0 Å². The van der Waals surface area contributed by atoms with Gasteiger partial charge in [-0.15, -0.1) is 0 Å². The van der Waals surface area contributed by atoms with Crippen LogP contribution in [0.4, 0.5) is 4.79 Å². The van der Waals surface area contributed by atoms with E-state index in [-0.39, 0.29) is 5.92 Å². The van der Waals surface area contributed by atoms with Gasteiger partial charge >= 0.3 is 6.09 Å². The Morgan fingerprint density at radius 2 is 1.50 bits per heavy atom. The number of ether oxygens (including phenoxy) is 1. The number of thiocarbonyl (C=S) groups is 1. The molecule has 0 aliphatic carbocycles. The van der Waals surface area contributed by atoms with Crippen LogP contribution in [0.1, 0.15) is 43.4 Å². The highest BCUT2D eigenvalue weighted by Crippen LogP contribution is 2.24. The lowest BCUT2D eigenvalue weighted by Crippen LogP contribution is -2.49. The van der Waals surface area contributed by atoms with Crippen molar-refractivity contribution < 1.29 is 9.53 Å². The summed E-state index contributed by atoms with van der Waals surface area (Å²) in [7, 11) is 0. The summed E-state index contributed by atoms with van der Waals surface area (Å²) in [6, 6.07) is 28.4. The molecule has 0 bridgehead atoms. The summed E-state index contributed by atoms with van der Waals surface area (Å²) < 4.78 is 5.54. The highest BCUT2D eigenvalue weighted by atomic mass is 32.1. The molecule has 1 amide bonds. The minimum atomic E-state index is -0.601. The molecule has 5 nitrogen and oxygen atoms in total. The van der Waals surface area contributed by atoms with Crippen LogP contribution in [-0.4, -0.2) is 34.3 Å². The van der Waals surface area contributed by atoms with Gasteiger partial charge in [-0.25, -0.2) is 4.79 Å². The standard InChI is InChI=1S/C30H33N3O2S/c1-30(2,3)35-29(34)33-27(18-23-19-31-26-17-11-10-16-24(23)26)28(36)32-20-25(21-12-6-4-7-13-21)22-14-8-5-9-15-22/h4-17,19,25,27,31H,18,20H2,1-3H3,(H,32,36)(H,33,34)/t27-/m0/s1. The van der Waals surface area contributed by atoms with Gasteiger partial charge in [0.25, 0.3) is 0 Å². The molecule has 0 saturated carbocycles. The van der Waals surface area contributed by atoms with Gasteiger partial charge in [-0.2, -0.15) is 0 Å². The van der Waals surface area contributed by atoms with E-state index in [2.05, 4.69) is 45.9 Å². The van der Waals surface area contributed by atoms with Crippen LogP contribution in [0, 0.1) is 0 Å². The second-order valence-corrected chi connectivity index (χ2v) is 10.3. The van der Waals surface area contributed by atoms with Gasteiger partial charge < -0.3 is 20.4 Å². The third-order valence-electron chi connectivity index (χ3n) is 5.99. The Morgan fingerprint density at radius 3 is 2.11 bits per heavy atom. The molecule has 3 N–H and O–H groups in total. The topological polar surface area (TPSA) is 66.1 Å². The van der Waals surface area contributed by atoms with Crippen LogP contribution in [0.2, 0.25) is 0 Å². The summed E-state index contributed by atoms with van der Waals surface area (Å²) in [5.74, 6) is 0.112. The van der Waals surface area contributed by atoms with Gasteiger partial charge in [-0.3, -0.25) is 0 Å². The molecule has 0 fully saturated rings. The van der Waals surface area contributed by atoms with E-state index in [0.29, 0.717) is 18.0 Å². The number of nitrogens with one attached hydrogen (secondary N) is 3. The van der Waals surface area contributed by atoms with Crippen LogP contribution in [0.5, 0.6) is 0 Å². The van der Waals surface area contributed by atoms with Crippen LogP contribution in [0.3, 0.4) is 0 Å². The number of rotatable bonds is 8. The number of para-hydroxylation sites is 1. The SMILES string of the molecule is CC(C)(C)OC(=O)N[C@@H](Cc1c[nH]c2ccccc12)C(=S)NCC(c1ccccc1)c1ccccc1. The van der Waals surface area contributed by atoms with Gasteiger partial charge in [0.2, 0.25) is 0 Å². The fourth-order valence-electron chi connectivity index (χ4n) is 4.30. The van der Waals surface area contributed by atoms with E-state index in [1.165, 1.54) is 11.1 Å². The van der Waals surface area contributed by atoms with Crippen molar-refractivity contribution in [3.63, 3.8) is 0 Å². The summed E-state index contributed by atoms with van der Waals surface area (Å²) in [5, 5.41) is 7.57. The Balaban J connectivity index is 1.54. The third kappa shape index (κ3) is 6.73. The minimum absolute atomic E-state index is 0.112. The van der Waals surface area contributed by atoms with Gasteiger partial charge in [0.1, 0.15) is 5.60 Å². The number of hydrogen-bond donors (Lipinski definition) is 3. The average Bonchev–Trinajstić information content (AvgIpc) is 3.27. The molecule has 3 aromatic carbocycles. The van der Waals surface area contributed by atoms with E-state index in [1.807, 2.05) is 81.6 Å². The first-order valence-electron chi connectivity index (χ1n) is 12.2. The van der Waals surface area contributed by atoms with Crippen molar-refractivity contribution in [2.75, 3.05) is 6.54 Å². The third-order valence-corrected chi connectivity index (χ3v) is 6.42. The van der Waals surface area contributed by atoms with Gasteiger partial charge in [0.05, 0.1) is 11.0 Å². The number of aromatic amines is 1. The number of carbonyl (C=O) groups excluding carboxylic acids is 1. The fraction of sp³-hybridized carbons (Fsp3) is 0.267. The number of H-pyrrole nitrogens is 1. The first-order valence-corrected chi connectivity index (χ1v) is 12.6. The molecule has 36 heavy (non-hydrogen) atoms. The number of aromatic nitrogens is 1. The lowest BCUT2D eigenvalue weighted by molar-refractivity contribution is 0.0518. The zero-order valence-electron chi connectivity index (χ0n) is 21.0. The van der Waals surface area contributed by atoms with Crippen molar-refractivity contribution in [2.45, 2.75) is 44.8 Å². The van der Waals surface area contributed by atoms with E-state index < -0.39 is 17.7 Å². The maximum Gasteiger partial charge on any atom is 0.408 e. The van der Waals surface area contributed by atoms with E-state index in [1.54, 1.807) is 0 Å². The molecule has 0 spiro atoms. The minimum Gasteiger partial charge on any atom is -0.444 e. The predicted molar refractivity (Wildman–Crippen MR) is 150 cm³/mol. The maximum atomic E-state index is 12.7. The summed E-state index contributed by atoms with van der Waals surface area (Å²) in [6.45, 7) is 6.15. The van der Waals surface area contributed by atoms with Crippen molar-refractivity contribution in [1.29, 1.82) is 0 Å². The summed E-state index contributed by atoms with van der Waals surface area (Å²) in [4.78, 5) is 16.6. The maximum absolute atomic E-state index is 12.7. The molecule has 0 aliphatic heterocycles. The highest BCUT2D eigenvalue weighted by molar-refractivity contribution is 7.80. The molecular formula is C30H33N3O2S. The Hall–Kier alpha value is -3.64. The Morgan fingerprint density at radius 1 is 0.917 bits per heavy atom. The zero-order chi connectivity index (χ0) is 25.5. The van der Waals surface area contributed by atoms with Crippen LogP contribution in [0.15, 0.2) is 91.1 Å². The summed E-state index contributed by atoms with van der Waals surface area (Å²) in [6.07, 6.45) is 2.03. The molecule has 4 rings (SSSR count). The average molecular weight is 500 g/mol. The van der Waals surface area contributed by atoms with Gasteiger partial charge in [0.15, 0.2) is 0 Å². The molecule has 1 aromatic heterocycles. The van der Waals surface area contributed by atoms with Crippen molar-refractivity contribution in [2.24, 2.45) is 0 Å². The quantitative estimate of drug-likeness (QED) is 0.247. The smallest absolute Gasteiger partial charge is 0.408 e. The number of benzene rings is 3. The van der Waals surface area contributed by atoms with E-state index in [0.717, 1.165) is 16.5 Å². The second kappa shape index (κ2) is 11.4. The molecule has 4 aromatic rings. The van der Waals surface area contributed by atoms with Crippen molar-refractivity contribution >= 4 is 34.2 Å². The van der Waals surface area contributed by atoms with E-state index >= 15 is 0 Å². The Labute approximate surface area is 218 Å². The largest absolute Gasteiger partial charge is 0.444 e.